The molecule has 0 saturated carbocycles. The zero-order valence-electron chi connectivity index (χ0n) is 28.2. The van der Waals surface area contributed by atoms with Crippen LogP contribution in [0.4, 0.5) is 4.79 Å². The van der Waals surface area contributed by atoms with E-state index in [1.807, 2.05) is 31.3 Å². The van der Waals surface area contributed by atoms with E-state index in [1.54, 1.807) is 24.5 Å². The Morgan fingerprint density at radius 2 is 1.96 bits per heavy atom. The molecule has 13 nitrogen and oxygen atoms in total. The van der Waals surface area contributed by atoms with Crippen molar-refractivity contribution in [1.82, 2.24) is 30.8 Å². The van der Waals surface area contributed by atoms with E-state index >= 15 is 0 Å². The maximum absolute atomic E-state index is 14.3. The van der Waals surface area contributed by atoms with Gasteiger partial charge in [0.2, 0.25) is 17.6 Å². The highest BCUT2D eigenvalue weighted by atomic mass is 32.1. The Kier molecular flexibility index (Phi) is 11.8. The van der Waals surface area contributed by atoms with Gasteiger partial charge in [-0.25, -0.2) is 9.78 Å². The Bertz CT molecular complexity index is 1650. The number of ketones is 2. The lowest BCUT2D eigenvalue weighted by molar-refractivity contribution is -0.131. The van der Waals surface area contributed by atoms with Crippen LogP contribution in [0.15, 0.2) is 48.8 Å². The second-order valence-electron chi connectivity index (χ2n) is 13.6. The van der Waals surface area contributed by atoms with Gasteiger partial charge in [-0.1, -0.05) is 18.2 Å². The van der Waals surface area contributed by atoms with Crippen molar-refractivity contribution in [3.63, 3.8) is 0 Å². The highest BCUT2D eigenvalue weighted by Gasteiger charge is 2.39. The normalized spacial score (nSPS) is 22.5. The summed E-state index contributed by atoms with van der Waals surface area (Å²) in [5.41, 5.74) is 1.39. The van der Waals surface area contributed by atoms with E-state index in [4.69, 9.17) is 9.47 Å². The summed E-state index contributed by atoms with van der Waals surface area (Å²) >= 11 is 1.25. The molecule has 3 aliphatic heterocycles. The number of para-hydroxylation sites is 1. The number of alkyl carbamates (subject to hydrolysis) is 1. The Labute approximate surface area is 294 Å². The number of amides is 3. The summed E-state index contributed by atoms with van der Waals surface area (Å²) in [5.74, 6) is -2.52. The van der Waals surface area contributed by atoms with Crippen LogP contribution in [-0.2, 0) is 30.5 Å². The predicted octanol–water partition coefficient (Wildman–Crippen LogP) is 3.13. The average Bonchev–Trinajstić information content (AvgIpc) is 3.95. The van der Waals surface area contributed by atoms with Crippen LogP contribution in [-0.4, -0.2) is 96.3 Å². The van der Waals surface area contributed by atoms with E-state index in [0.29, 0.717) is 50.1 Å². The Morgan fingerprint density at radius 3 is 2.66 bits per heavy atom. The molecule has 6 rings (SSSR count). The second kappa shape index (κ2) is 16.6. The lowest BCUT2D eigenvalue weighted by atomic mass is 9.84. The minimum Gasteiger partial charge on any atom is -0.445 e. The summed E-state index contributed by atoms with van der Waals surface area (Å²) in [6.07, 6.45) is 4.92. The SMILES string of the molecule is CN1CCC(C[C@H](CC(=O)[C@@H](NC(=O)OCc2cccnc2)C2CCOC2)C(=O)N[C@@H](C[C@@H]2CCNC2=O)C(=O)c2nc3ccccc3s2)C1. The van der Waals surface area contributed by atoms with Crippen LogP contribution >= 0.6 is 11.3 Å². The first-order valence-electron chi connectivity index (χ1n) is 17.3. The number of carbonyl (C=O) groups excluding carboxylic acids is 5. The zero-order valence-corrected chi connectivity index (χ0v) is 29.0. The van der Waals surface area contributed by atoms with Crippen molar-refractivity contribution in [1.29, 1.82) is 0 Å². The van der Waals surface area contributed by atoms with Crippen molar-refractivity contribution in [3.05, 3.63) is 59.4 Å². The fraction of sp³-hybridized carbons (Fsp3) is 0.528. The third-order valence-corrected chi connectivity index (χ3v) is 10.9. The average molecular weight is 705 g/mol. The number of hydrogen-bond donors (Lipinski definition) is 3. The summed E-state index contributed by atoms with van der Waals surface area (Å²) in [7, 11) is 2.02. The van der Waals surface area contributed by atoms with Gasteiger partial charge in [0.25, 0.3) is 0 Å². The molecule has 2 aromatic heterocycles. The van der Waals surface area contributed by atoms with Gasteiger partial charge in [0, 0.05) is 61.8 Å². The van der Waals surface area contributed by atoms with Crippen LogP contribution in [0.3, 0.4) is 0 Å². The zero-order chi connectivity index (χ0) is 35.0. The molecule has 3 fully saturated rings. The largest absolute Gasteiger partial charge is 0.445 e. The number of benzene rings is 1. The third kappa shape index (κ3) is 9.09. The van der Waals surface area contributed by atoms with Crippen LogP contribution in [0.5, 0.6) is 0 Å². The molecule has 50 heavy (non-hydrogen) atoms. The van der Waals surface area contributed by atoms with Gasteiger partial charge in [-0.3, -0.25) is 24.2 Å². The van der Waals surface area contributed by atoms with Gasteiger partial charge in [-0.15, -0.1) is 11.3 Å². The fourth-order valence-electron chi connectivity index (χ4n) is 7.15. The third-order valence-electron chi connectivity index (χ3n) is 9.90. The summed E-state index contributed by atoms with van der Waals surface area (Å²) in [5, 5.41) is 8.82. The number of likely N-dealkylation sites (tertiary alicyclic amines) is 1. The van der Waals surface area contributed by atoms with Gasteiger partial charge >= 0.3 is 6.09 Å². The molecule has 3 saturated heterocycles. The monoisotopic (exact) mass is 704 g/mol. The number of thiazole rings is 1. The van der Waals surface area contributed by atoms with Gasteiger partial charge in [-0.2, -0.15) is 0 Å². The molecular weight excluding hydrogens is 660 g/mol. The van der Waals surface area contributed by atoms with Crippen LogP contribution < -0.4 is 16.0 Å². The number of ether oxygens (including phenoxy) is 2. The van der Waals surface area contributed by atoms with E-state index in [9.17, 15) is 24.0 Å². The lowest BCUT2D eigenvalue weighted by Crippen LogP contribution is -2.49. The summed E-state index contributed by atoms with van der Waals surface area (Å²) in [4.78, 5) is 78.6. The quantitative estimate of drug-likeness (QED) is 0.200. The lowest BCUT2D eigenvalue weighted by Gasteiger charge is -2.27. The molecule has 3 N–H and O–H groups in total. The van der Waals surface area contributed by atoms with Crippen LogP contribution in [0.2, 0.25) is 0 Å². The maximum Gasteiger partial charge on any atom is 0.408 e. The molecule has 3 aromatic rings. The molecule has 0 spiro atoms. The number of carbonyl (C=O) groups is 5. The minimum atomic E-state index is -1.000. The molecule has 1 aromatic carbocycles. The first-order valence-corrected chi connectivity index (χ1v) is 18.1. The maximum atomic E-state index is 14.3. The number of fused-ring (bicyclic) bond motifs is 1. The van der Waals surface area contributed by atoms with Gasteiger partial charge in [0.05, 0.1) is 28.9 Å². The number of nitrogens with zero attached hydrogens (tertiary/aromatic N) is 3. The van der Waals surface area contributed by atoms with E-state index in [-0.39, 0.29) is 53.8 Å². The van der Waals surface area contributed by atoms with Crippen molar-refractivity contribution in [3.8, 4) is 0 Å². The standard InChI is InChI=1S/C36H44N6O7S/c1-42-13-9-22(19-42)15-26(17-29(43)31(25-10-14-48-21-25)41-36(47)49-20-23-5-4-11-37-18-23)34(46)39-28(16-24-8-12-38-33(24)45)32(44)35-40-27-6-2-3-7-30(27)50-35/h2-7,11,18,22,24-26,28,31H,8-10,12-17,19-21H2,1H3,(H,38,45)(H,39,46)(H,41,47)/t22?,24-,25?,26+,28-,31-/m0/s1. The van der Waals surface area contributed by atoms with Crippen LogP contribution in [0.25, 0.3) is 10.2 Å². The van der Waals surface area contributed by atoms with Crippen molar-refractivity contribution in [2.24, 2.45) is 23.7 Å². The predicted molar refractivity (Wildman–Crippen MR) is 185 cm³/mol. The number of nitrogens with one attached hydrogen (secondary N) is 3. The van der Waals surface area contributed by atoms with Gasteiger partial charge in [0.1, 0.15) is 6.61 Å². The first-order chi connectivity index (χ1) is 24.2. The minimum absolute atomic E-state index is 0.00886. The first kappa shape index (κ1) is 35.6. The number of Topliss-reactive ketones (excluding diaryl/α,β-unsaturated/α-hetero) is 2. The number of pyridine rings is 1. The van der Waals surface area contributed by atoms with Crippen molar-refractivity contribution >= 4 is 51.0 Å². The smallest absolute Gasteiger partial charge is 0.408 e. The van der Waals surface area contributed by atoms with E-state index in [0.717, 1.165) is 24.2 Å². The molecule has 5 heterocycles. The Morgan fingerprint density at radius 1 is 1.10 bits per heavy atom. The molecule has 0 aliphatic carbocycles. The molecule has 266 valence electrons. The Balaban J connectivity index is 1.20. The van der Waals surface area contributed by atoms with Gasteiger partial charge in [-0.05, 0) is 69.8 Å². The van der Waals surface area contributed by atoms with E-state index in [1.165, 1.54) is 11.3 Å². The van der Waals surface area contributed by atoms with Gasteiger partial charge in [0.15, 0.2) is 10.8 Å². The highest BCUT2D eigenvalue weighted by molar-refractivity contribution is 7.20. The molecular formula is C36H44N6O7S. The molecule has 3 amide bonds. The topological polar surface area (TPSA) is 169 Å². The fourth-order valence-corrected chi connectivity index (χ4v) is 8.11. The molecule has 6 atom stereocenters. The summed E-state index contributed by atoms with van der Waals surface area (Å²) in [6, 6.07) is 9.05. The second-order valence-corrected chi connectivity index (χ2v) is 14.7. The summed E-state index contributed by atoms with van der Waals surface area (Å²) in [6.45, 7) is 2.93. The van der Waals surface area contributed by atoms with E-state index in [2.05, 4.69) is 30.8 Å². The van der Waals surface area contributed by atoms with Gasteiger partial charge < -0.3 is 30.3 Å². The Hall–Kier alpha value is -4.27. The molecule has 0 bridgehead atoms. The number of hydrogen-bond acceptors (Lipinski definition) is 11. The van der Waals surface area contributed by atoms with Crippen molar-refractivity contribution < 1.29 is 33.4 Å². The van der Waals surface area contributed by atoms with Crippen LogP contribution in [0.1, 0.15) is 53.9 Å². The van der Waals surface area contributed by atoms with Crippen LogP contribution in [0, 0.1) is 23.7 Å². The van der Waals surface area contributed by atoms with E-state index < -0.39 is 35.9 Å². The number of aromatic nitrogens is 2. The number of rotatable bonds is 15. The molecule has 0 radical (unpaired) electrons. The highest BCUT2D eigenvalue weighted by Crippen LogP contribution is 2.29. The molecule has 2 unspecified atom stereocenters. The molecule has 14 heteroatoms. The van der Waals surface area contributed by atoms with Crippen molar-refractivity contribution in [2.45, 2.75) is 57.2 Å². The molecule has 3 aliphatic rings. The van der Waals surface area contributed by atoms with Crippen molar-refractivity contribution in [2.75, 3.05) is 39.9 Å². The summed E-state index contributed by atoms with van der Waals surface area (Å²) < 4.78 is 11.8.